The second-order valence-corrected chi connectivity index (χ2v) is 8.48. The molecule has 4 saturated carbocycles. The van der Waals surface area contributed by atoms with Gasteiger partial charge in [-0.1, -0.05) is 45.4 Å². The van der Waals surface area contributed by atoms with E-state index in [4.69, 9.17) is 0 Å². The van der Waals surface area contributed by atoms with Crippen molar-refractivity contribution >= 4 is 0 Å². The molecule has 0 aliphatic heterocycles. The van der Waals surface area contributed by atoms with Crippen molar-refractivity contribution in [1.82, 2.24) is 0 Å². The van der Waals surface area contributed by atoms with Gasteiger partial charge in [0, 0.05) is 6.42 Å². The van der Waals surface area contributed by atoms with E-state index >= 15 is 0 Å². The van der Waals surface area contributed by atoms with Crippen LogP contribution in [0.4, 0.5) is 0 Å². The van der Waals surface area contributed by atoms with Gasteiger partial charge < -0.3 is 10.2 Å². The molecule has 4 aliphatic rings. The topological polar surface area (TPSA) is 40.5 Å². The van der Waals surface area contributed by atoms with E-state index in [-0.39, 0.29) is 5.41 Å². The Balaban J connectivity index is 1.53. The van der Waals surface area contributed by atoms with Crippen LogP contribution < -0.4 is 0 Å². The summed E-state index contributed by atoms with van der Waals surface area (Å²) >= 11 is 0. The van der Waals surface area contributed by atoms with Gasteiger partial charge in [-0.05, 0) is 49.9 Å². The standard InChI is InChI=1S/C18H32O2/c1-2-3-4-5-6-7-8-16-9-15-10-17(19,12-16)14-18(20,11-15)13-16/h15,19-20H,2-14H2,1H3. The van der Waals surface area contributed by atoms with Crippen LogP contribution in [0.2, 0.25) is 0 Å². The van der Waals surface area contributed by atoms with Gasteiger partial charge in [-0.2, -0.15) is 0 Å². The molecule has 0 heterocycles. The SMILES string of the molecule is CCCCCCCCC12CC3CC(O)(CC(O)(C3)C1)C2. The first-order valence-corrected chi connectivity index (χ1v) is 8.91. The van der Waals surface area contributed by atoms with Gasteiger partial charge >= 0.3 is 0 Å². The maximum atomic E-state index is 10.7. The van der Waals surface area contributed by atoms with Gasteiger partial charge in [0.05, 0.1) is 11.2 Å². The number of hydrogen-bond donors (Lipinski definition) is 2. The van der Waals surface area contributed by atoms with Crippen LogP contribution in [0.3, 0.4) is 0 Å². The fraction of sp³-hybridized carbons (Fsp3) is 1.00. The molecule has 0 aromatic carbocycles. The smallest absolute Gasteiger partial charge is 0.0683 e. The molecule has 116 valence electrons. The molecule has 0 amide bonds. The third kappa shape index (κ3) is 2.92. The molecule has 0 aromatic rings. The number of aliphatic hydroxyl groups is 2. The molecule has 4 bridgehead atoms. The summed E-state index contributed by atoms with van der Waals surface area (Å²) in [6.45, 7) is 2.26. The van der Waals surface area contributed by atoms with Gasteiger partial charge in [0.2, 0.25) is 0 Å². The molecule has 0 spiro atoms. The Labute approximate surface area is 124 Å². The van der Waals surface area contributed by atoms with E-state index in [1.807, 2.05) is 0 Å². The zero-order chi connectivity index (χ0) is 14.3. The highest BCUT2D eigenvalue weighted by Crippen LogP contribution is 2.64. The normalized spacial score (nSPS) is 46.0. The van der Waals surface area contributed by atoms with Crippen LogP contribution in [-0.4, -0.2) is 21.4 Å². The zero-order valence-corrected chi connectivity index (χ0v) is 13.2. The fourth-order valence-corrected chi connectivity index (χ4v) is 6.09. The average molecular weight is 280 g/mol. The van der Waals surface area contributed by atoms with Crippen molar-refractivity contribution in [2.45, 2.75) is 102 Å². The molecule has 0 saturated heterocycles. The molecule has 2 atom stereocenters. The summed E-state index contributed by atoms with van der Waals surface area (Å²) in [5, 5.41) is 21.5. The van der Waals surface area contributed by atoms with Crippen LogP contribution in [-0.2, 0) is 0 Å². The van der Waals surface area contributed by atoms with Crippen LogP contribution >= 0.6 is 0 Å². The highest BCUT2D eigenvalue weighted by atomic mass is 16.3. The molecule has 0 aromatic heterocycles. The zero-order valence-electron chi connectivity index (χ0n) is 13.2. The lowest BCUT2D eigenvalue weighted by atomic mass is 9.45. The van der Waals surface area contributed by atoms with E-state index in [0.717, 1.165) is 25.7 Å². The van der Waals surface area contributed by atoms with Crippen LogP contribution in [0.1, 0.15) is 90.4 Å². The molecule has 2 N–H and O–H groups in total. The highest BCUT2D eigenvalue weighted by molar-refractivity contribution is 5.14. The lowest BCUT2D eigenvalue weighted by Crippen LogP contribution is -2.63. The maximum Gasteiger partial charge on any atom is 0.0683 e. The summed E-state index contributed by atoms with van der Waals surface area (Å²) in [6, 6.07) is 0. The minimum Gasteiger partial charge on any atom is -0.390 e. The summed E-state index contributed by atoms with van der Waals surface area (Å²) < 4.78 is 0. The van der Waals surface area contributed by atoms with Crippen molar-refractivity contribution in [3.63, 3.8) is 0 Å². The lowest BCUT2D eigenvalue weighted by Gasteiger charge is -2.63. The van der Waals surface area contributed by atoms with Crippen molar-refractivity contribution in [2.75, 3.05) is 0 Å². The van der Waals surface area contributed by atoms with E-state index in [0.29, 0.717) is 12.3 Å². The number of unbranched alkanes of at least 4 members (excludes halogenated alkanes) is 5. The molecule has 4 rings (SSSR count). The Morgan fingerprint density at radius 1 is 0.800 bits per heavy atom. The molecular formula is C18H32O2. The molecule has 0 radical (unpaired) electrons. The first kappa shape index (κ1) is 14.8. The van der Waals surface area contributed by atoms with Crippen LogP contribution in [0.5, 0.6) is 0 Å². The van der Waals surface area contributed by atoms with E-state index < -0.39 is 11.2 Å². The van der Waals surface area contributed by atoms with E-state index in [9.17, 15) is 10.2 Å². The van der Waals surface area contributed by atoms with Gasteiger partial charge in [0.1, 0.15) is 0 Å². The lowest BCUT2D eigenvalue weighted by molar-refractivity contribution is -0.231. The average Bonchev–Trinajstić information content (AvgIpc) is 2.29. The van der Waals surface area contributed by atoms with Crippen molar-refractivity contribution < 1.29 is 10.2 Å². The fourth-order valence-electron chi connectivity index (χ4n) is 6.09. The third-order valence-electron chi connectivity index (χ3n) is 6.19. The second-order valence-electron chi connectivity index (χ2n) is 8.48. The summed E-state index contributed by atoms with van der Waals surface area (Å²) in [7, 11) is 0. The Bertz CT molecular complexity index is 333. The van der Waals surface area contributed by atoms with Gasteiger partial charge in [0.25, 0.3) is 0 Å². The summed E-state index contributed by atoms with van der Waals surface area (Å²) in [5.41, 5.74) is -0.791. The van der Waals surface area contributed by atoms with Crippen LogP contribution in [0.15, 0.2) is 0 Å². The second kappa shape index (κ2) is 5.28. The van der Waals surface area contributed by atoms with E-state index in [1.165, 1.54) is 51.4 Å². The first-order valence-electron chi connectivity index (χ1n) is 8.91. The summed E-state index contributed by atoms with van der Waals surface area (Å²) in [6.07, 6.45) is 15.0. The molecule has 4 aliphatic carbocycles. The number of hydrogen-bond acceptors (Lipinski definition) is 2. The monoisotopic (exact) mass is 280 g/mol. The van der Waals surface area contributed by atoms with Crippen LogP contribution in [0, 0.1) is 11.3 Å². The van der Waals surface area contributed by atoms with Crippen molar-refractivity contribution in [3.8, 4) is 0 Å². The molecular weight excluding hydrogens is 248 g/mol. The van der Waals surface area contributed by atoms with Crippen molar-refractivity contribution in [3.05, 3.63) is 0 Å². The Hall–Kier alpha value is -0.0800. The molecule has 20 heavy (non-hydrogen) atoms. The van der Waals surface area contributed by atoms with Gasteiger partial charge in [-0.15, -0.1) is 0 Å². The molecule has 4 fully saturated rings. The van der Waals surface area contributed by atoms with E-state index in [2.05, 4.69) is 6.92 Å². The minimum absolute atomic E-state index is 0.272. The van der Waals surface area contributed by atoms with Crippen molar-refractivity contribution in [2.24, 2.45) is 11.3 Å². The Morgan fingerprint density at radius 3 is 2.00 bits per heavy atom. The Kier molecular flexibility index (Phi) is 3.92. The predicted octanol–water partition coefficient (Wildman–Crippen LogP) is 4.18. The maximum absolute atomic E-state index is 10.7. The summed E-state index contributed by atoms with van der Waals surface area (Å²) in [4.78, 5) is 0. The quantitative estimate of drug-likeness (QED) is 0.687. The first-order chi connectivity index (χ1) is 9.47. The highest BCUT2D eigenvalue weighted by Gasteiger charge is 2.62. The molecule has 2 heteroatoms. The Morgan fingerprint density at radius 2 is 1.40 bits per heavy atom. The predicted molar refractivity (Wildman–Crippen MR) is 81.5 cm³/mol. The summed E-state index contributed by atoms with van der Waals surface area (Å²) in [5.74, 6) is 0.585. The third-order valence-corrected chi connectivity index (χ3v) is 6.19. The van der Waals surface area contributed by atoms with Crippen molar-refractivity contribution in [1.29, 1.82) is 0 Å². The van der Waals surface area contributed by atoms with Crippen LogP contribution in [0.25, 0.3) is 0 Å². The largest absolute Gasteiger partial charge is 0.390 e. The number of rotatable bonds is 7. The van der Waals surface area contributed by atoms with Gasteiger partial charge in [0.15, 0.2) is 0 Å². The molecule has 2 unspecified atom stereocenters. The van der Waals surface area contributed by atoms with Gasteiger partial charge in [-0.25, -0.2) is 0 Å². The van der Waals surface area contributed by atoms with Gasteiger partial charge in [-0.3, -0.25) is 0 Å². The van der Waals surface area contributed by atoms with E-state index in [1.54, 1.807) is 0 Å². The molecule has 2 nitrogen and oxygen atoms in total. The minimum atomic E-state index is -0.531.